The molecule has 0 fully saturated rings. The van der Waals surface area contributed by atoms with Crippen LogP contribution in [0.15, 0.2) is 108 Å². The molecule has 0 saturated heterocycles. The van der Waals surface area contributed by atoms with Crippen LogP contribution >= 0.6 is 0 Å². The summed E-state index contributed by atoms with van der Waals surface area (Å²) in [5, 5.41) is 8.18. The van der Waals surface area contributed by atoms with Gasteiger partial charge in [-0.3, -0.25) is 9.59 Å². The summed E-state index contributed by atoms with van der Waals surface area (Å²) >= 11 is 0. The fourth-order valence-corrected chi connectivity index (χ4v) is 3.58. The first-order valence-corrected chi connectivity index (χ1v) is 10.1. The van der Waals surface area contributed by atoms with Crippen LogP contribution in [0.2, 0.25) is 0 Å². The molecule has 0 bridgehead atoms. The van der Waals surface area contributed by atoms with Gasteiger partial charge in [0.2, 0.25) is 0 Å². The van der Waals surface area contributed by atoms with Gasteiger partial charge in [0.15, 0.2) is 5.78 Å². The summed E-state index contributed by atoms with van der Waals surface area (Å²) in [7, 11) is 0. The van der Waals surface area contributed by atoms with Crippen LogP contribution in [0.3, 0.4) is 0 Å². The van der Waals surface area contributed by atoms with E-state index in [9.17, 15) is 9.59 Å². The highest BCUT2D eigenvalue weighted by Gasteiger charge is 2.10. The fourth-order valence-electron chi connectivity index (χ4n) is 3.58. The lowest BCUT2D eigenvalue weighted by Gasteiger charge is -2.09. The first-order chi connectivity index (χ1) is 15.7. The van der Waals surface area contributed by atoms with Crippen LogP contribution in [0.1, 0.15) is 15.9 Å². The Bertz CT molecular complexity index is 1460. The third kappa shape index (κ3) is 3.79. The normalized spacial score (nSPS) is 10.8. The van der Waals surface area contributed by atoms with Crippen molar-refractivity contribution in [1.82, 2.24) is 10.2 Å². The molecule has 1 aromatic heterocycles. The molecular weight excluding hydrogens is 400 g/mol. The molecule has 0 aliphatic rings. The predicted octanol–water partition coefficient (Wildman–Crippen LogP) is 5.61. The van der Waals surface area contributed by atoms with Crippen molar-refractivity contribution in [1.29, 1.82) is 0 Å². The first-order valence-electron chi connectivity index (χ1n) is 10.1. The average Bonchev–Trinajstić information content (AvgIpc) is 2.86. The number of carbonyl (C=O) groups is 1. The zero-order valence-corrected chi connectivity index (χ0v) is 17.0. The van der Waals surface area contributed by atoms with Crippen molar-refractivity contribution in [2.45, 2.75) is 0 Å². The Balaban J connectivity index is 1.35. The molecule has 0 aliphatic heterocycles. The number of rotatable bonds is 5. The van der Waals surface area contributed by atoms with Crippen molar-refractivity contribution in [3.63, 3.8) is 0 Å². The van der Waals surface area contributed by atoms with Gasteiger partial charge in [-0.1, -0.05) is 48.5 Å². The summed E-state index contributed by atoms with van der Waals surface area (Å²) in [5.74, 6) is 1.27. The van der Waals surface area contributed by atoms with E-state index in [-0.39, 0.29) is 11.3 Å². The van der Waals surface area contributed by atoms with E-state index in [1.165, 1.54) is 0 Å². The number of benzene rings is 4. The molecule has 5 rings (SSSR count). The van der Waals surface area contributed by atoms with E-state index in [1.807, 2.05) is 60.7 Å². The van der Waals surface area contributed by atoms with Gasteiger partial charge in [0.25, 0.3) is 5.56 Å². The van der Waals surface area contributed by atoms with Crippen molar-refractivity contribution in [2.24, 2.45) is 0 Å². The number of ketones is 1. The molecule has 0 spiro atoms. The lowest BCUT2D eigenvalue weighted by molar-refractivity contribution is 0.103. The number of aromatic nitrogens is 2. The Kier molecular flexibility index (Phi) is 5.06. The standard InChI is InChI=1S/C27H18N2O3/c30-26(19-6-2-1-3-7-19)20-12-16-22(17-13-20)32-21-14-10-18(11-15-21)25-23-8-4-5-9-24(23)27(31)29-28-25/h1-17H,(H,29,31). The largest absolute Gasteiger partial charge is 0.457 e. The molecule has 0 atom stereocenters. The summed E-state index contributed by atoms with van der Waals surface area (Å²) in [6.45, 7) is 0. The minimum atomic E-state index is -0.210. The zero-order chi connectivity index (χ0) is 21.9. The molecule has 154 valence electrons. The second kappa shape index (κ2) is 8.32. The Morgan fingerprint density at radius 2 is 1.22 bits per heavy atom. The van der Waals surface area contributed by atoms with Crippen LogP contribution in [0.5, 0.6) is 11.5 Å². The van der Waals surface area contributed by atoms with Crippen LogP contribution in [0.4, 0.5) is 0 Å². The third-order valence-corrected chi connectivity index (χ3v) is 5.21. The second-order valence-corrected chi connectivity index (χ2v) is 7.29. The van der Waals surface area contributed by atoms with Gasteiger partial charge in [-0.25, -0.2) is 5.10 Å². The average molecular weight is 418 g/mol. The monoisotopic (exact) mass is 418 g/mol. The molecule has 32 heavy (non-hydrogen) atoms. The zero-order valence-electron chi connectivity index (χ0n) is 17.0. The Morgan fingerprint density at radius 3 is 1.91 bits per heavy atom. The summed E-state index contributed by atoms with van der Waals surface area (Å²) in [4.78, 5) is 24.5. The number of hydrogen-bond donors (Lipinski definition) is 1. The van der Waals surface area contributed by atoms with Crippen LogP contribution in [-0.4, -0.2) is 16.0 Å². The quantitative estimate of drug-likeness (QED) is 0.376. The van der Waals surface area contributed by atoms with Gasteiger partial charge in [-0.05, 0) is 54.6 Å². The smallest absolute Gasteiger partial charge is 0.272 e. The fraction of sp³-hybridized carbons (Fsp3) is 0. The minimum Gasteiger partial charge on any atom is -0.457 e. The summed E-state index contributed by atoms with van der Waals surface area (Å²) in [6.07, 6.45) is 0. The molecule has 5 nitrogen and oxygen atoms in total. The summed E-state index contributed by atoms with van der Waals surface area (Å²) < 4.78 is 5.93. The van der Waals surface area contributed by atoms with Crippen molar-refractivity contribution in [3.8, 4) is 22.8 Å². The maximum absolute atomic E-state index is 12.5. The maximum atomic E-state index is 12.5. The van der Waals surface area contributed by atoms with Crippen molar-refractivity contribution in [2.75, 3.05) is 0 Å². The van der Waals surface area contributed by atoms with Gasteiger partial charge in [-0.15, -0.1) is 0 Å². The van der Waals surface area contributed by atoms with Gasteiger partial charge >= 0.3 is 0 Å². The molecule has 1 N–H and O–H groups in total. The molecule has 0 saturated carbocycles. The number of carbonyl (C=O) groups excluding carboxylic acids is 1. The number of aromatic amines is 1. The van der Waals surface area contributed by atoms with E-state index in [0.29, 0.717) is 33.7 Å². The van der Waals surface area contributed by atoms with E-state index in [2.05, 4.69) is 10.2 Å². The number of fused-ring (bicyclic) bond motifs is 1. The molecule has 0 radical (unpaired) electrons. The molecule has 0 unspecified atom stereocenters. The molecular formula is C27H18N2O3. The number of nitrogens with zero attached hydrogens (tertiary/aromatic N) is 1. The Hall–Kier alpha value is -4.51. The summed E-state index contributed by atoms with van der Waals surface area (Å²) in [6, 6.07) is 31.1. The van der Waals surface area contributed by atoms with Gasteiger partial charge in [0, 0.05) is 22.1 Å². The highest BCUT2D eigenvalue weighted by atomic mass is 16.5. The van der Waals surface area contributed by atoms with Crippen molar-refractivity contribution in [3.05, 3.63) is 125 Å². The number of ether oxygens (including phenoxy) is 1. The Morgan fingerprint density at radius 1 is 0.656 bits per heavy atom. The van der Waals surface area contributed by atoms with Crippen LogP contribution in [-0.2, 0) is 0 Å². The molecule has 1 heterocycles. The van der Waals surface area contributed by atoms with E-state index >= 15 is 0 Å². The molecule has 0 aliphatic carbocycles. The van der Waals surface area contributed by atoms with Crippen LogP contribution in [0.25, 0.3) is 22.0 Å². The van der Waals surface area contributed by atoms with Gasteiger partial charge in [0.05, 0.1) is 11.1 Å². The first kappa shape index (κ1) is 19.5. The van der Waals surface area contributed by atoms with Gasteiger partial charge in [-0.2, -0.15) is 5.10 Å². The van der Waals surface area contributed by atoms with Gasteiger partial charge in [0.1, 0.15) is 11.5 Å². The van der Waals surface area contributed by atoms with E-state index in [4.69, 9.17) is 4.74 Å². The lowest BCUT2D eigenvalue weighted by atomic mass is 10.0. The lowest BCUT2D eigenvalue weighted by Crippen LogP contribution is -2.09. The summed E-state index contributed by atoms with van der Waals surface area (Å²) in [5.41, 5.74) is 2.62. The van der Waals surface area contributed by atoms with Crippen molar-refractivity contribution < 1.29 is 9.53 Å². The molecule has 4 aromatic carbocycles. The van der Waals surface area contributed by atoms with E-state index in [1.54, 1.807) is 42.5 Å². The SMILES string of the molecule is O=C(c1ccccc1)c1ccc(Oc2ccc(-c3n[nH]c(=O)c4ccccc34)cc2)cc1. The van der Waals surface area contributed by atoms with Crippen molar-refractivity contribution >= 4 is 16.6 Å². The number of hydrogen-bond acceptors (Lipinski definition) is 4. The maximum Gasteiger partial charge on any atom is 0.272 e. The third-order valence-electron chi connectivity index (χ3n) is 5.21. The van der Waals surface area contributed by atoms with Crippen LogP contribution in [0, 0.1) is 0 Å². The highest BCUT2D eigenvalue weighted by molar-refractivity contribution is 6.09. The predicted molar refractivity (Wildman–Crippen MR) is 124 cm³/mol. The second-order valence-electron chi connectivity index (χ2n) is 7.29. The van der Waals surface area contributed by atoms with Crippen LogP contribution < -0.4 is 10.3 Å². The topological polar surface area (TPSA) is 72.0 Å². The number of nitrogens with one attached hydrogen (secondary N) is 1. The minimum absolute atomic E-state index is 0.0258. The van der Waals surface area contributed by atoms with Gasteiger partial charge < -0.3 is 4.74 Å². The molecule has 0 amide bonds. The molecule has 5 heteroatoms. The molecule has 5 aromatic rings. The highest BCUT2D eigenvalue weighted by Crippen LogP contribution is 2.28. The van der Waals surface area contributed by atoms with E-state index in [0.717, 1.165) is 10.9 Å². The Labute approximate surface area is 183 Å². The van der Waals surface area contributed by atoms with E-state index < -0.39 is 0 Å². The number of H-pyrrole nitrogens is 1.